The molecule has 0 heterocycles. The van der Waals surface area contributed by atoms with Crippen molar-refractivity contribution in [2.24, 2.45) is 5.73 Å². The molecule has 0 spiro atoms. The van der Waals surface area contributed by atoms with Crippen molar-refractivity contribution >= 4 is 11.8 Å². The van der Waals surface area contributed by atoms with E-state index < -0.39 is 6.10 Å². The number of nitrogens with two attached hydrogens (primary N) is 1. The number of hydrogen-bond acceptors (Lipinski definition) is 4. The van der Waals surface area contributed by atoms with Crippen LogP contribution in [0.1, 0.15) is 18.5 Å². The maximum Gasteiger partial charge on any atom is 0.0864 e. The van der Waals surface area contributed by atoms with Crippen LogP contribution < -0.4 is 5.73 Å². The summed E-state index contributed by atoms with van der Waals surface area (Å²) in [4.78, 5) is 1.07. The van der Waals surface area contributed by atoms with Gasteiger partial charge in [0.2, 0.25) is 0 Å². The molecular formula is C11H17NO2S. The molecule has 2 unspecified atom stereocenters. The van der Waals surface area contributed by atoms with Crippen molar-refractivity contribution in [1.82, 2.24) is 0 Å². The summed E-state index contributed by atoms with van der Waals surface area (Å²) < 4.78 is 0. The van der Waals surface area contributed by atoms with Gasteiger partial charge in [-0.1, -0.05) is 18.2 Å². The van der Waals surface area contributed by atoms with Gasteiger partial charge in [0.25, 0.3) is 0 Å². The molecule has 0 aliphatic carbocycles. The number of thioether (sulfide) groups is 1. The Morgan fingerprint density at radius 3 is 2.67 bits per heavy atom. The van der Waals surface area contributed by atoms with E-state index in [1.165, 1.54) is 11.8 Å². The highest BCUT2D eigenvalue weighted by Crippen LogP contribution is 2.26. The highest BCUT2D eigenvalue weighted by atomic mass is 32.2. The average Bonchev–Trinajstić information content (AvgIpc) is 2.26. The van der Waals surface area contributed by atoms with Crippen molar-refractivity contribution in [1.29, 1.82) is 0 Å². The second-order valence-electron chi connectivity index (χ2n) is 3.47. The first-order valence-corrected chi connectivity index (χ1v) is 5.90. The molecule has 0 fully saturated rings. The Kier molecular flexibility index (Phi) is 5.11. The molecule has 0 radical (unpaired) electrons. The minimum Gasteiger partial charge on any atom is -0.394 e. The maximum atomic E-state index is 9.25. The van der Waals surface area contributed by atoms with E-state index in [-0.39, 0.29) is 12.6 Å². The predicted octanol–water partition coefficient (Wildman–Crippen LogP) is 1.15. The lowest BCUT2D eigenvalue weighted by Crippen LogP contribution is -2.15. The van der Waals surface area contributed by atoms with Gasteiger partial charge in [-0.15, -0.1) is 11.8 Å². The minimum atomic E-state index is -0.670. The summed E-state index contributed by atoms with van der Waals surface area (Å²) in [7, 11) is 0. The van der Waals surface area contributed by atoms with E-state index in [0.717, 1.165) is 10.5 Å². The molecule has 1 aromatic carbocycles. The number of aliphatic hydroxyl groups is 2. The number of benzene rings is 1. The molecule has 0 bridgehead atoms. The Morgan fingerprint density at radius 1 is 1.40 bits per heavy atom. The molecule has 0 aromatic heterocycles. The summed E-state index contributed by atoms with van der Waals surface area (Å²) in [5.74, 6) is 0.486. The first-order valence-electron chi connectivity index (χ1n) is 4.91. The van der Waals surface area contributed by atoms with E-state index >= 15 is 0 Å². The molecule has 15 heavy (non-hydrogen) atoms. The Hall–Kier alpha value is -0.550. The normalized spacial score (nSPS) is 14.9. The highest BCUT2D eigenvalue weighted by Gasteiger charge is 2.08. The van der Waals surface area contributed by atoms with Gasteiger partial charge in [0, 0.05) is 16.7 Å². The number of hydrogen-bond donors (Lipinski definition) is 3. The zero-order chi connectivity index (χ0) is 11.3. The lowest BCUT2D eigenvalue weighted by atomic mass is 10.1. The van der Waals surface area contributed by atoms with Crippen LogP contribution in [0.15, 0.2) is 29.2 Å². The quantitative estimate of drug-likeness (QED) is 0.660. The molecule has 4 N–H and O–H groups in total. The summed E-state index contributed by atoms with van der Waals surface area (Å²) in [5.41, 5.74) is 6.90. The van der Waals surface area contributed by atoms with Gasteiger partial charge in [-0.2, -0.15) is 0 Å². The minimum absolute atomic E-state index is 0.0139. The zero-order valence-corrected chi connectivity index (χ0v) is 9.57. The van der Waals surface area contributed by atoms with Crippen LogP contribution in [0.2, 0.25) is 0 Å². The lowest BCUT2D eigenvalue weighted by molar-refractivity contribution is 0.113. The highest BCUT2D eigenvalue weighted by molar-refractivity contribution is 7.99. The van der Waals surface area contributed by atoms with Crippen LogP contribution in [0.3, 0.4) is 0 Å². The zero-order valence-electron chi connectivity index (χ0n) is 8.76. The molecule has 84 valence electrons. The Labute approximate surface area is 94.3 Å². The standard InChI is InChI=1S/C11H17NO2S/c1-8(12)10-4-2-3-5-11(10)15-7-9(14)6-13/h2-5,8-9,13-14H,6-7,12H2,1H3. The molecule has 3 nitrogen and oxygen atoms in total. The molecule has 4 heteroatoms. The Bertz CT molecular complexity index is 304. The second kappa shape index (κ2) is 6.12. The van der Waals surface area contributed by atoms with Gasteiger partial charge >= 0.3 is 0 Å². The van der Waals surface area contributed by atoms with E-state index in [9.17, 15) is 5.11 Å². The smallest absolute Gasteiger partial charge is 0.0864 e. The van der Waals surface area contributed by atoms with Crippen molar-refractivity contribution in [2.45, 2.75) is 24.0 Å². The van der Waals surface area contributed by atoms with Crippen LogP contribution in [-0.4, -0.2) is 28.7 Å². The first-order chi connectivity index (χ1) is 7.15. The van der Waals surface area contributed by atoms with Crippen molar-refractivity contribution in [3.05, 3.63) is 29.8 Å². The van der Waals surface area contributed by atoms with Crippen LogP contribution in [0.5, 0.6) is 0 Å². The van der Waals surface area contributed by atoms with Crippen molar-refractivity contribution in [2.75, 3.05) is 12.4 Å². The molecule has 0 saturated heterocycles. The molecule has 1 aromatic rings. The van der Waals surface area contributed by atoms with Gasteiger partial charge < -0.3 is 15.9 Å². The van der Waals surface area contributed by atoms with Gasteiger partial charge in [0.1, 0.15) is 0 Å². The number of aliphatic hydroxyl groups excluding tert-OH is 2. The molecule has 0 aliphatic rings. The van der Waals surface area contributed by atoms with E-state index in [1.807, 2.05) is 31.2 Å². The largest absolute Gasteiger partial charge is 0.394 e. The van der Waals surface area contributed by atoms with Gasteiger partial charge in [-0.05, 0) is 18.6 Å². The van der Waals surface area contributed by atoms with Gasteiger partial charge in [0.05, 0.1) is 12.7 Å². The summed E-state index contributed by atoms with van der Waals surface area (Å²) in [6.07, 6.45) is -0.670. The third kappa shape index (κ3) is 3.83. The average molecular weight is 227 g/mol. The van der Waals surface area contributed by atoms with Crippen LogP contribution >= 0.6 is 11.8 Å². The lowest BCUT2D eigenvalue weighted by Gasteiger charge is -2.13. The van der Waals surface area contributed by atoms with Crippen molar-refractivity contribution < 1.29 is 10.2 Å². The summed E-state index contributed by atoms with van der Waals surface area (Å²) in [5, 5.41) is 17.9. The second-order valence-corrected chi connectivity index (χ2v) is 4.54. The summed E-state index contributed by atoms with van der Waals surface area (Å²) >= 11 is 1.52. The predicted molar refractivity (Wildman–Crippen MR) is 62.9 cm³/mol. The third-order valence-electron chi connectivity index (χ3n) is 2.05. The SMILES string of the molecule is CC(N)c1ccccc1SCC(O)CO. The van der Waals surface area contributed by atoms with Gasteiger partial charge in [-0.25, -0.2) is 0 Å². The Morgan fingerprint density at radius 2 is 2.07 bits per heavy atom. The van der Waals surface area contributed by atoms with E-state index in [1.54, 1.807) is 0 Å². The Balaban J connectivity index is 2.67. The molecule has 0 amide bonds. The van der Waals surface area contributed by atoms with Gasteiger partial charge in [-0.3, -0.25) is 0 Å². The molecule has 0 saturated carbocycles. The fourth-order valence-corrected chi connectivity index (χ4v) is 2.30. The van der Waals surface area contributed by atoms with Crippen LogP contribution in [0.4, 0.5) is 0 Å². The van der Waals surface area contributed by atoms with Gasteiger partial charge in [0.15, 0.2) is 0 Å². The first kappa shape index (κ1) is 12.5. The van der Waals surface area contributed by atoms with Crippen molar-refractivity contribution in [3.63, 3.8) is 0 Å². The molecule has 2 atom stereocenters. The van der Waals surface area contributed by atoms with Crippen LogP contribution in [0, 0.1) is 0 Å². The maximum absolute atomic E-state index is 9.25. The monoisotopic (exact) mass is 227 g/mol. The third-order valence-corrected chi connectivity index (χ3v) is 3.29. The summed E-state index contributed by atoms with van der Waals surface area (Å²) in [6.45, 7) is 1.73. The fourth-order valence-electron chi connectivity index (χ4n) is 1.23. The number of rotatable bonds is 5. The topological polar surface area (TPSA) is 66.5 Å². The molecule has 1 rings (SSSR count). The van der Waals surface area contributed by atoms with E-state index in [0.29, 0.717) is 5.75 Å². The molecular weight excluding hydrogens is 210 g/mol. The van der Waals surface area contributed by atoms with Crippen molar-refractivity contribution in [3.8, 4) is 0 Å². The molecule has 0 aliphatic heterocycles. The fraction of sp³-hybridized carbons (Fsp3) is 0.455. The van der Waals surface area contributed by atoms with E-state index in [4.69, 9.17) is 10.8 Å². The van der Waals surface area contributed by atoms with Crippen LogP contribution in [-0.2, 0) is 0 Å². The van der Waals surface area contributed by atoms with E-state index in [2.05, 4.69) is 0 Å². The van der Waals surface area contributed by atoms with Crippen LogP contribution in [0.25, 0.3) is 0 Å². The summed E-state index contributed by atoms with van der Waals surface area (Å²) in [6, 6.07) is 7.84.